The summed E-state index contributed by atoms with van der Waals surface area (Å²) in [6.07, 6.45) is 2.44. The first-order valence-corrected chi connectivity index (χ1v) is 13.6. The van der Waals surface area contributed by atoms with Crippen molar-refractivity contribution in [2.75, 3.05) is 33.9 Å². The van der Waals surface area contributed by atoms with Crippen LogP contribution in [0.1, 0.15) is 58.7 Å². The molecule has 2 aromatic carbocycles. The van der Waals surface area contributed by atoms with E-state index in [1.54, 1.807) is 42.7 Å². The number of rotatable bonds is 8. The topological polar surface area (TPSA) is 59.1 Å². The van der Waals surface area contributed by atoms with Gasteiger partial charge in [-0.1, -0.05) is 51.1 Å². The van der Waals surface area contributed by atoms with Gasteiger partial charge in [-0.15, -0.1) is 17.9 Å². The van der Waals surface area contributed by atoms with Gasteiger partial charge in [0.25, 0.3) is 5.91 Å². The number of carbonyl (C=O) groups is 2. The minimum absolute atomic E-state index is 0.0439. The number of benzene rings is 2. The van der Waals surface area contributed by atoms with Gasteiger partial charge in [-0.05, 0) is 52.1 Å². The quantitative estimate of drug-likeness (QED) is 0.341. The Balaban J connectivity index is 1.63. The SMILES string of the molecule is C=CCN(CC(=O)N1CCc2sccc2C1c1ccc(C(C)(C)C)cc1)C(=O)c1ccc(OC)cc1OC. The lowest BCUT2D eigenvalue weighted by molar-refractivity contribution is -0.133. The Morgan fingerprint density at radius 2 is 1.84 bits per heavy atom. The van der Waals surface area contributed by atoms with Crippen LogP contribution >= 0.6 is 11.3 Å². The summed E-state index contributed by atoms with van der Waals surface area (Å²) in [7, 11) is 3.07. The molecule has 200 valence electrons. The standard InChI is InChI=1S/C31H36N2O4S/c1-7-16-32(30(35)24-13-12-23(36-5)19-26(24)37-6)20-28(34)33-17-14-27-25(15-18-38-27)29(33)21-8-10-22(11-9-21)31(2,3)4/h7-13,15,18-19,29H,1,14,16-17,20H2,2-6H3. The summed E-state index contributed by atoms with van der Waals surface area (Å²) in [5.74, 6) is 0.588. The Labute approximate surface area is 229 Å². The van der Waals surface area contributed by atoms with Crippen LogP contribution in [0.25, 0.3) is 0 Å². The molecule has 4 rings (SSSR count). The second kappa shape index (κ2) is 11.4. The molecule has 1 aliphatic rings. The predicted molar refractivity (Wildman–Crippen MR) is 152 cm³/mol. The Morgan fingerprint density at radius 1 is 1.11 bits per heavy atom. The fourth-order valence-electron chi connectivity index (χ4n) is 4.88. The number of ether oxygens (including phenoxy) is 2. The molecule has 0 saturated heterocycles. The first-order valence-electron chi connectivity index (χ1n) is 12.8. The van der Waals surface area contributed by atoms with E-state index in [-0.39, 0.29) is 36.4 Å². The van der Waals surface area contributed by atoms with E-state index in [0.717, 1.165) is 17.5 Å². The monoisotopic (exact) mass is 532 g/mol. The summed E-state index contributed by atoms with van der Waals surface area (Å²) < 4.78 is 10.7. The number of nitrogens with zero attached hydrogens (tertiary/aromatic N) is 2. The van der Waals surface area contributed by atoms with Crippen molar-refractivity contribution in [1.29, 1.82) is 0 Å². The molecule has 0 N–H and O–H groups in total. The summed E-state index contributed by atoms with van der Waals surface area (Å²) >= 11 is 1.74. The highest BCUT2D eigenvalue weighted by Crippen LogP contribution is 2.38. The third-order valence-electron chi connectivity index (χ3n) is 6.98. The molecule has 1 atom stereocenters. The maximum absolute atomic E-state index is 13.9. The van der Waals surface area contributed by atoms with Gasteiger partial charge in [0.1, 0.15) is 18.0 Å². The van der Waals surface area contributed by atoms with Crippen LogP contribution in [0.2, 0.25) is 0 Å². The Kier molecular flexibility index (Phi) is 8.26. The van der Waals surface area contributed by atoms with Crippen molar-refractivity contribution in [1.82, 2.24) is 9.80 Å². The van der Waals surface area contributed by atoms with Gasteiger partial charge in [0.05, 0.1) is 25.8 Å². The smallest absolute Gasteiger partial charge is 0.258 e. The van der Waals surface area contributed by atoms with Crippen LogP contribution in [-0.4, -0.2) is 55.5 Å². The number of methoxy groups -OCH3 is 2. The van der Waals surface area contributed by atoms with Gasteiger partial charge in [-0.2, -0.15) is 0 Å². The average molecular weight is 533 g/mol. The number of amides is 2. The molecule has 1 aromatic heterocycles. The Bertz CT molecular complexity index is 1310. The molecule has 0 aliphatic carbocycles. The maximum atomic E-state index is 13.9. The van der Waals surface area contributed by atoms with Crippen LogP contribution in [0.15, 0.2) is 66.6 Å². The van der Waals surface area contributed by atoms with E-state index in [1.165, 1.54) is 22.5 Å². The van der Waals surface area contributed by atoms with Crippen LogP contribution in [0.4, 0.5) is 0 Å². The molecule has 0 radical (unpaired) electrons. The van der Waals surface area contributed by atoms with Gasteiger partial charge in [0, 0.05) is 24.0 Å². The number of hydrogen-bond acceptors (Lipinski definition) is 5. The number of fused-ring (bicyclic) bond motifs is 1. The van der Waals surface area contributed by atoms with Crippen LogP contribution in [0.3, 0.4) is 0 Å². The molecular formula is C31H36N2O4S. The van der Waals surface area contributed by atoms with Crippen LogP contribution in [-0.2, 0) is 16.6 Å². The molecule has 2 amide bonds. The summed E-state index contributed by atoms with van der Waals surface area (Å²) in [6.45, 7) is 11.2. The highest BCUT2D eigenvalue weighted by molar-refractivity contribution is 7.10. The van der Waals surface area contributed by atoms with Crippen molar-refractivity contribution < 1.29 is 19.1 Å². The van der Waals surface area contributed by atoms with Crippen LogP contribution < -0.4 is 9.47 Å². The summed E-state index contributed by atoms with van der Waals surface area (Å²) in [5, 5.41) is 2.10. The van der Waals surface area contributed by atoms with Gasteiger partial charge in [0.2, 0.25) is 5.91 Å². The molecule has 3 aromatic rings. The van der Waals surface area contributed by atoms with Gasteiger partial charge < -0.3 is 19.3 Å². The average Bonchev–Trinajstić information content (AvgIpc) is 3.40. The van der Waals surface area contributed by atoms with Crippen molar-refractivity contribution in [2.45, 2.75) is 38.6 Å². The van der Waals surface area contributed by atoms with Crippen LogP contribution in [0.5, 0.6) is 11.5 Å². The van der Waals surface area contributed by atoms with Crippen molar-refractivity contribution in [3.05, 3.63) is 93.7 Å². The number of thiophene rings is 1. The zero-order valence-electron chi connectivity index (χ0n) is 22.8. The molecular weight excluding hydrogens is 496 g/mol. The molecule has 7 heteroatoms. The second-order valence-electron chi connectivity index (χ2n) is 10.5. The first-order chi connectivity index (χ1) is 18.2. The molecule has 0 spiro atoms. The third kappa shape index (κ3) is 5.63. The van der Waals surface area contributed by atoms with Gasteiger partial charge in [-0.25, -0.2) is 0 Å². The highest BCUT2D eigenvalue weighted by atomic mass is 32.1. The minimum atomic E-state index is -0.294. The second-order valence-corrected chi connectivity index (χ2v) is 11.5. The first kappa shape index (κ1) is 27.5. The van der Waals surface area contributed by atoms with Crippen LogP contribution in [0, 0.1) is 0 Å². The van der Waals surface area contributed by atoms with Crippen molar-refractivity contribution in [3.63, 3.8) is 0 Å². The van der Waals surface area contributed by atoms with Gasteiger partial charge in [0.15, 0.2) is 0 Å². The fraction of sp³-hybridized carbons (Fsp3) is 0.355. The van der Waals surface area contributed by atoms with Gasteiger partial charge in [-0.3, -0.25) is 9.59 Å². The predicted octanol–water partition coefficient (Wildman–Crippen LogP) is 5.87. The normalized spacial score (nSPS) is 15.0. The van der Waals surface area contributed by atoms with E-state index in [1.807, 2.05) is 4.90 Å². The molecule has 2 heterocycles. The summed E-state index contributed by atoms with van der Waals surface area (Å²) in [6, 6.07) is 15.5. The molecule has 1 aliphatic heterocycles. The van der Waals surface area contributed by atoms with E-state index < -0.39 is 0 Å². The number of hydrogen-bond donors (Lipinski definition) is 0. The molecule has 38 heavy (non-hydrogen) atoms. The van der Waals surface area contributed by atoms with Crippen molar-refractivity contribution >= 4 is 23.2 Å². The lowest BCUT2D eigenvalue weighted by Gasteiger charge is -2.37. The lowest BCUT2D eigenvalue weighted by atomic mass is 9.85. The summed E-state index contributed by atoms with van der Waals surface area (Å²) in [4.78, 5) is 32.2. The van der Waals surface area contributed by atoms with E-state index in [9.17, 15) is 9.59 Å². The summed E-state index contributed by atoms with van der Waals surface area (Å²) in [5.41, 5.74) is 3.90. The van der Waals surface area contributed by atoms with Gasteiger partial charge >= 0.3 is 0 Å². The maximum Gasteiger partial charge on any atom is 0.258 e. The zero-order chi connectivity index (χ0) is 27.4. The minimum Gasteiger partial charge on any atom is -0.497 e. The van der Waals surface area contributed by atoms with E-state index >= 15 is 0 Å². The lowest BCUT2D eigenvalue weighted by Crippen LogP contribution is -2.46. The Hall–Kier alpha value is -3.58. The van der Waals surface area contributed by atoms with Crippen molar-refractivity contribution in [2.24, 2.45) is 0 Å². The van der Waals surface area contributed by atoms with E-state index in [4.69, 9.17) is 9.47 Å². The Morgan fingerprint density at radius 3 is 2.47 bits per heavy atom. The molecule has 0 bridgehead atoms. The molecule has 0 fully saturated rings. The fourth-order valence-corrected chi connectivity index (χ4v) is 5.79. The molecule has 0 saturated carbocycles. The zero-order valence-corrected chi connectivity index (χ0v) is 23.6. The highest BCUT2D eigenvalue weighted by Gasteiger charge is 2.34. The van der Waals surface area contributed by atoms with Crippen molar-refractivity contribution in [3.8, 4) is 11.5 Å². The van der Waals surface area contributed by atoms with E-state index in [0.29, 0.717) is 23.6 Å². The molecule has 6 nitrogen and oxygen atoms in total. The van der Waals surface area contributed by atoms with E-state index in [2.05, 4.69) is 63.1 Å². The number of carbonyl (C=O) groups excluding carboxylic acids is 2. The molecule has 1 unspecified atom stereocenters. The third-order valence-corrected chi connectivity index (χ3v) is 7.98. The largest absolute Gasteiger partial charge is 0.497 e.